The van der Waals surface area contributed by atoms with Crippen LogP contribution in [0.4, 0.5) is 0 Å². The van der Waals surface area contributed by atoms with E-state index in [9.17, 15) is 0 Å². The minimum absolute atomic E-state index is 0.105. The number of nitrogens with one attached hydrogen (secondary N) is 1. The minimum atomic E-state index is -0.105. The lowest BCUT2D eigenvalue weighted by atomic mass is 10.1. The predicted molar refractivity (Wildman–Crippen MR) is 79.4 cm³/mol. The van der Waals surface area contributed by atoms with E-state index < -0.39 is 0 Å². The van der Waals surface area contributed by atoms with Gasteiger partial charge in [-0.05, 0) is 30.2 Å². The molecule has 0 amide bonds. The summed E-state index contributed by atoms with van der Waals surface area (Å²) in [6.45, 7) is 0. The smallest absolute Gasteiger partial charge is 0.102 e. The number of nitrogens with two attached hydrogens (primary N) is 1. The van der Waals surface area contributed by atoms with Gasteiger partial charge in [0.05, 0.1) is 17.9 Å². The second kappa shape index (κ2) is 6.25. The lowest BCUT2D eigenvalue weighted by Gasteiger charge is -2.12. The SMILES string of the molecule is NNC(Cc1cccnc1)c1cnn(-c2ccccc2)n1. The first-order valence-electron chi connectivity index (χ1n) is 6.69. The van der Waals surface area contributed by atoms with E-state index in [0.29, 0.717) is 6.42 Å². The summed E-state index contributed by atoms with van der Waals surface area (Å²) in [7, 11) is 0. The molecule has 2 heterocycles. The van der Waals surface area contributed by atoms with Gasteiger partial charge in [0.1, 0.15) is 5.69 Å². The highest BCUT2D eigenvalue weighted by Crippen LogP contribution is 2.15. The fraction of sp³-hybridized carbons (Fsp3) is 0.133. The van der Waals surface area contributed by atoms with Crippen LogP contribution in [0.1, 0.15) is 17.3 Å². The monoisotopic (exact) mass is 280 g/mol. The molecular weight excluding hydrogens is 264 g/mol. The Balaban J connectivity index is 1.81. The van der Waals surface area contributed by atoms with Crippen molar-refractivity contribution in [1.29, 1.82) is 0 Å². The zero-order valence-corrected chi connectivity index (χ0v) is 11.4. The van der Waals surface area contributed by atoms with E-state index in [4.69, 9.17) is 5.84 Å². The lowest BCUT2D eigenvalue weighted by molar-refractivity contribution is 0.532. The molecule has 3 N–H and O–H groups in total. The summed E-state index contributed by atoms with van der Waals surface area (Å²) in [5.74, 6) is 5.65. The number of rotatable bonds is 5. The first-order chi connectivity index (χ1) is 10.4. The summed E-state index contributed by atoms with van der Waals surface area (Å²) < 4.78 is 0. The molecule has 6 heteroatoms. The van der Waals surface area contributed by atoms with E-state index in [0.717, 1.165) is 16.9 Å². The van der Waals surface area contributed by atoms with Crippen LogP contribution < -0.4 is 11.3 Å². The van der Waals surface area contributed by atoms with Crippen LogP contribution in [0.25, 0.3) is 5.69 Å². The molecule has 3 rings (SSSR count). The standard InChI is InChI=1S/C15H16N6/c16-19-14(9-12-5-4-8-17-10-12)15-11-18-21(20-15)13-6-2-1-3-7-13/h1-8,10-11,14,19H,9,16H2. The number of benzene rings is 1. The van der Waals surface area contributed by atoms with Crippen molar-refractivity contribution in [1.82, 2.24) is 25.4 Å². The summed E-state index contributed by atoms with van der Waals surface area (Å²) in [5, 5.41) is 8.78. The van der Waals surface area contributed by atoms with Crippen molar-refractivity contribution in [2.24, 2.45) is 5.84 Å². The quantitative estimate of drug-likeness (QED) is 0.545. The lowest BCUT2D eigenvalue weighted by Crippen LogP contribution is -2.30. The zero-order valence-electron chi connectivity index (χ0n) is 11.4. The first kappa shape index (κ1) is 13.4. The summed E-state index contributed by atoms with van der Waals surface area (Å²) in [5.41, 5.74) is 5.59. The summed E-state index contributed by atoms with van der Waals surface area (Å²) >= 11 is 0. The molecule has 2 aromatic heterocycles. The van der Waals surface area contributed by atoms with Crippen molar-refractivity contribution in [2.45, 2.75) is 12.5 Å². The van der Waals surface area contributed by atoms with E-state index in [1.54, 1.807) is 17.2 Å². The Morgan fingerprint density at radius 1 is 1.10 bits per heavy atom. The number of hydrogen-bond acceptors (Lipinski definition) is 5. The average molecular weight is 280 g/mol. The van der Waals surface area contributed by atoms with Crippen molar-refractivity contribution in [3.63, 3.8) is 0 Å². The highest BCUT2D eigenvalue weighted by Gasteiger charge is 2.15. The Bertz CT molecular complexity index is 680. The minimum Gasteiger partial charge on any atom is -0.271 e. The molecule has 1 atom stereocenters. The van der Waals surface area contributed by atoms with Gasteiger partial charge in [0.15, 0.2) is 0 Å². The zero-order chi connectivity index (χ0) is 14.5. The van der Waals surface area contributed by atoms with Crippen molar-refractivity contribution in [3.05, 3.63) is 72.3 Å². The second-order valence-electron chi connectivity index (χ2n) is 4.68. The summed E-state index contributed by atoms with van der Waals surface area (Å²) in [4.78, 5) is 5.71. The number of hydrazine groups is 1. The van der Waals surface area contributed by atoms with Crippen LogP contribution in [-0.4, -0.2) is 20.0 Å². The molecule has 0 spiro atoms. The van der Waals surface area contributed by atoms with Crippen LogP contribution in [0, 0.1) is 0 Å². The molecule has 0 radical (unpaired) electrons. The average Bonchev–Trinajstić information content (AvgIpc) is 3.04. The normalized spacial score (nSPS) is 12.2. The molecule has 3 aromatic rings. The van der Waals surface area contributed by atoms with Crippen molar-refractivity contribution < 1.29 is 0 Å². The molecule has 0 saturated heterocycles. The van der Waals surface area contributed by atoms with Crippen LogP contribution in [0.5, 0.6) is 0 Å². The van der Waals surface area contributed by atoms with E-state index in [1.807, 2.05) is 48.7 Å². The van der Waals surface area contributed by atoms with Crippen molar-refractivity contribution in [2.75, 3.05) is 0 Å². The third-order valence-electron chi connectivity index (χ3n) is 3.22. The highest BCUT2D eigenvalue weighted by molar-refractivity contribution is 5.28. The molecule has 0 aliphatic carbocycles. The number of nitrogens with zero attached hydrogens (tertiary/aromatic N) is 4. The molecule has 0 bridgehead atoms. The fourth-order valence-electron chi connectivity index (χ4n) is 2.12. The van der Waals surface area contributed by atoms with Gasteiger partial charge >= 0.3 is 0 Å². The van der Waals surface area contributed by atoms with Gasteiger partial charge in [-0.1, -0.05) is 24.3 Å². The predicted octanol–water partition coefficient (Wildman–Crippen LogP) is 1.41. The van der Waals surface area contributed by atoms with Gasteiger partial charge < -0.3 is 0 Å². The van der Waals surface area contributed by atoms with Crippen LogP contribution in [0.3, 0.4) is 0 Å². The molecule has 1 unspecified atom stereocenters. The molecule has 6 nitrogen and oxygen atoms in total. The Labute approximate surface area is 122 Å². The van der Waals surface area contributed by atoms with Crippen LogP contribution in [0.2, 0.25) is 0 Å². The van der Waals surface area contributed by atoms with Gasteiger partial charge in [-0.15, -0.1) is 0 Å². The maximum atomic E-state index is 5.65. The number of pyridine rings is 1. The van der Waals surface area contributed by atoms with Crippen LogP contribution in [0.15, 0.2) is 61.1 Å². The third-order valence-corrected chi connectivity index (χ3v) is 3.22. The van der Waals surface area contributed by atoms with Crippen molar-refractivity contribution >= 4 is 0 Å². The number of hydrogen-bond donors (Lipinski definition) is 2. The molecule has 0 aliphatic rings. The Hall–Kier alpha value is -2.57. The molecule has 1 aromatic carbocycles. The largest absolute Gasteiger partial charge is 0.271 e. The molecule has 106 valence electrons. The molecule has 21 heavy (non-hydrogen) atoms. The topological polar surface area (TPSA) is 81.6 Å². The van der Waals surface area contributed by atoms with E-state index in [1.165, 1.54) is 0 Å². The van der Waals surface area contributed by atoms with Gasteiger partial charge in [-0.2, -0.15) is 15.0 Å². The molecule has 0 saturated carbocycles. The maximum absolute atomic E-state index is 5.65. The van der Waals surface area contributed by atoms with Gasteiger partial charge in [0.25, 0.3) is 0 Å². The third kappa shape index (κ3) is 3.13. The van der Waals surface area contributed by atoms with Gasteiger partial charge in [-0.3, -0.25) is 16.3 Å². The molecule has 0 aliphatic heterocycles. The van der Waals surface area contributed by atoms with E-state index >= 15 is 0 Å². The van der Waals surface area contributed by atoms with E-state index in [2.05, 4.69) is 20.6 Å². The Morgan fingerprint density at radius 3 is 2.67 bits per heavy atom. The van der Waals surface area contributed by atoms with Crippen molar-refractivity contribution in [3.8, 4) is 5.69 Å². The Morgan fingerprint density at radius 2 is 1.95 bits per heavy atom. The number of aromatic nitrogens is 4. The molecule has 0 fully saturated rings. The highest BCUT2D eigenvalue weighted by atomic mass is 15.5. The Kier molecular flexibility index (Phi) is 3.99. The summed E-state index contributed by atoms with van der Waals surface area (Å²) in [6, 6.07) is 13.6. The van der Waals surface area contributed by atoms with E-state index in [-0.39, 0.29) is 6.04 Å². The van der Waals surface area contributed by atoms with Gasteiger partial charge in [0, 0.05) is 12.4 Å². The van der Waals surface area contributed by atoms with Crippen LogP contribution >= 0.6 is 0 Å². The van der Waals surface area contributed by atoms with Crippen LogP contribution in [-0.2, 0) is 6.42 Å². The van der Waals surface area contributed by atoms with Gasteiger partial charge in [0.2, 0.25) is 0 Å². The first-order valence-corrected chi connectivity index (χ1v) is 6.69. The summed E-state index contributed by atoms with van der Waals surface area (Å²) in [6.07, 6.45) is 6.01. The molecular formula is C15H16N6. The fourth-order valence-corrected chi connectivity index (χ4v) is 2.12. The maximum Gasteiger partial charge on any atom is 0.102 e. The number of para-hydroxylation sites is 1. The van der Waals surface area contributed by atoms with Gasteiger partial charge in [-0.25, -0.2) is 0 Å². The second-order valence-corrected chi connectivity index (χ2v) is 4.68.